The molecule has 0 saturated heterocycles. The van der Waals surface area contributed by atoms with Crippen LogP contribution in [0, 0.1) is 0 Å². The Kier molecular flexibility index (Phi) is 5.44. The van der Waals surface area contributed by atoms with Gasteiger partial charge in [0.2, 0.25) is 0 Å². The van der Waals surface area contributed by atoms with Crippen LogP contribution in [0.5, 0.6) is 5.75 Å². The van der Waals surface area contributed by atoms with Crippen LogP contribution in [0.4, 0.5) is 0 Å². The second kappa shape index (κ2) is 6.61. The van der Waals surface area contributed by atoms with E-state index in [-0.39, 0.29) is 5.75 Å². The minimum atomic E-state index is -4.43. The predicted octanol–water partition coefficient (Wildman–Crippen LogP) is 2.99. The maximum absolute atomic E-state index is 10.7. The molecule has 1 N–H and O–H groups in total. The SMILES string of the molecule is CCCCCCc1ccccc1OS(=O)(=O)O. The standard InChI is InChI=1S/C12H18O4S/c1-2-3-4-5-8-11-9-6-7-10-12(11)16-17(13,14)15/h6-7,9-10H,2-5,8H2,1H3,(H,13,14,15). The summed E-state index contributed by atoms with van der Waals surface area (Å²) >= 11 is 0. The first-order chi connectivity index (χ1) is 8.03. The van der Waals surface area contributed by atoms with Crippen LogP contribution < -0.4 is 4.18 Å². The maximum atomic E-state index is 10.7. The van der Waals surface area contributed by atoms with Crippen LogP contribution >= 0.6 is 0 Å². The maximum Gasteiger partial charge on any atom is 0.446 e. The molecule has 0 aliphatic carbocycles. The molecule has 5 heteroatoms. The van der Waals surface area contributed by atoms with Crippen molar-refractivity contribution in [2.45, 2.75) is 39.0 Å². The molecule has 1 rings (SSSR count). The molecular weight excluding hydrogens is 240 g/mol. The number of rotatable bonds is 7. The Morgan fingerprint density at radius 1 is 1.18 bits per heavy atom. The molecule has 96 valence electrons. The van der Waals surface area contributed by atoms with E-state index in [2.05, 4.69) is 11.1 Å². The van der Waals surface area contributed by atoms with Crippen molar-refractivity contribution in [3.63, 3.8) is 0 Å². The highest BCUT2D eigenvalue weighted by atomic mass is 32.3. The monoisotopic (exact) mass is 258 g/mol. The highest BCUT2D eigenvalue weighted by Gasteiger charge is 2.10. The van der Waals surface area contributed by atoms with Gasteiger partial charge < -0.3 is 4.18 Å². The van der Waals surface area contributed by atoms with Crippen molar-refractivity contribution < 1.29 is 17.2 Å². The van der Waals surface area contributed by atoms with Crippen LogP contribution in [0.3, 0.4) is 0 Å². The van der Waals surface area contributed by atoms with Crippen molar-refractivity contribution >= 4 is 10.4 Å². The van der Waals surface area contributed by atoms with Gasteiger partial charge in [0.25, 0.3) is 0 Å². The Hall–Kier alpha value is -1.07. The average molecular weight is 258 g/mol. The van der Waals surface area contributed by atoms with E-state index in [1.165, 1.54) is 6.42 Å². The Labute approximate surface area is 103 Å². The predicted molar refractivity (Wildman–Crippen MR) is 66.5 cm³/mol. The second-order valence-corrected chi connectivity index (χ2v) is 4.95. The number of hydrogen-bond acceptors (Lipinski definition) is 3. The number of aryl methyl sites for hydroxylation is 1. The van der Waals surface area contributed by atoms with Crippen LogP contribution in [0.1, 0.15) is 38.2 Å². The van der Waals surface area contributed by atoms with Crippen molar-refractivity contribution in [2.24, 2.45) is 0 Å². The normalized spacial score (nSPS) is 11.4. The van der Waals surface area contributed by atoms with Gasteiger partial charge in [0.1, 0.15) is 5.75 Å². The molecule has 0 unspecified atom stereocenters. The number of hydrogen-bond donors (Lipinski definition) is 1. The lowest BCUT2D eigenvalue weighted by Gasteiger charge is -2.08. The van der Waals surface area contributed by atoms with E-state index in [0.29, 0.717) is 0 Å². The van der Waals surface area contributed by atoms with Gasteiger partial charge in [-0.15, -0.1) is 0 Å². The topological polar surface area (TPSA) is 63.6 Å². The van der Waals surface area contributed by atoms with Crippen molar-refractivity contribution in [2.75, 3.05) is 0 Å². The van der Waals surface area contributed by atoms with Crippen LogP contribution in [-0.2, 0) is 16.8 Å². The summed E-state index contributed by atoms with van der Waals surface area (Å²) in [7, 11) is -4.43. The minimum Gasteiger partial charge on any atom is -0.362 e. The molecule has 0 amide bonds. The van der Waals surface area contributed by atoms with Crippen LogP contribution in [-0.4, -0.2) is 13.0 Å². The molecule has 0 bridgehead atoms. The van der Waals surface area contributed by atoms with Crippen molar-refractivity contribution in [1.82, 2.24) is 0 Å². The zero-order valence-corrected chi connectivity index (χ0v) is 10.7. The molecule has 0 atom stereocenters. The van der Waals surface area contributed by atoms with E-state index >= 15 is 0 Å². The Morgan fingerprint density at radius 2 is 1.88 bits per heavy atom. The van der Waals surface area contributed by atoms with Gasteiger partial charge in [-0.25, -0.2) is 0 Å². The number of para-hydroxylation sites is 1. The molecule has 0 aromatic heterocycles. The van der Waals surface area contributed by atoms with Gasteiger partial charge in [-0.05, 0) is 24.5 Å². The Morgan fingerprint density at radius 3 is 2.53 bits per heavy atom. The van der Waals surface area contributed by atoms with Crippen LogP contribution in [0.25, 0.3) is 0 Å². The summed E-state index contributed by atoms with van der Waals surface area (Å²) in [4.78, 5) is 0. The fourth-order valence-electron chi connectivity index (χ4n) is 1.65. The lowest BCUT2D eigenvalue weighted by atomic mass is 10.1. The zero-order chi connectivity index (χ0) is 12.7. The third kappa shape index (κ3) is 5.70. The van der Waals surface area contributed by atoms with Gasteiger partial charge in [0.15, 0.2) is 0 Å². The third-order valence-electron chi connectivity index (χ3n) is 2.47. The van der Waals surface area contributed by atoms with Crippen LogP contribution in [0.2, 0.25) is 0 Å². The molecule has 1 aromatic carbocycles. The summed E-state index contributed by atoms with van der Waals surface area (Å²) in [5.41, 5.74) is 0.807. The fraction of sp³-hybridized carbons (Fsp3) is 0.500. The van der Waals surface area contributed by atoms with Crippen molar-refractivity contribution in [1.29, 1.82) is 0 Å². The summed E-state index contributed by atoms with van der Waals surface area (Å²) in [6.45, 7) is 2.13. The summed E-state index contributed by atoms with van der Waals surface area (Å²) in [5, 5.41) is 0. The average Bonchev–Trinajstić information content (AvgIpc) is 2.24. The molecule has 0 heterocycles. The van der Waals surface area contributed by atoms with Gasteiger partial charge >= 0.3 is 10.4 Å². The van der Waals surface area contributed by atoms with Crippen molar-refractivity contribution in [3.05, 3.63) is 29.8 Å². The first-order valence-electron chi connectivity index (χ1n) is 5.77. The highest BCUT2D eigenvalue weighted by Crippen LogP contribution is 2.21. The molecule has 0 fully saturated rings. The second-order valence-electron chi connectivity index (χ2n) is 3.93. The summed E-state index contributed by atoms with van der Waals surface area (Å²) in [6.07, 6.45) is 5.17. The van der Waals surface area contributed by atoms with Gasteiger partial charge in [0, 0.05) is 0 Å². The van der Waals surface area contributed by atoms with E-state index in [1.54, 1.807) is 12.1 Å². The first-order valence-corrected chi connectivity index (χ1v) is 7.14. The molecule has 17 heavy (non-hydrogen) atoms. The highest BCUT2D eigenvalue weighted by molar-refractivity contribution is 7.81. The van der Waals surface area contributed by atoms with Gasteiger partial charge in [-0.3, -0.25) is 4.55 Å². The van der Waals surface area contributed by atoms with Gasteiger partial charge in [0.05, 0.1) is 0 Å². The largest absolute Gasteiger partial charge is 0.446 e. The van der Waals surface area contributed by atoms with Crippen molar-refractivity contribution in [3.8, 4) is 5.75 Å². The number of unbranched alkanes of at least 4 members (excludes halogenated alkanes) is 3. The quantitative estimate of drug-likeness (QED) is 0.603. The number of benzene rings is 1. The molecule has 0 aliphatic heterocycles. The van der Waals surface area contributed by atoms with Gasteiger partial charge in [-0.2, -0.15) is 8.42 Å². The summed E-state index contributed by atoms with van der Waals surface area (Å²) in [5.74, 6) is 0.214. The molecule has 1 aromatic rings. The first kappa shape index (κ1) is 14.0. The summed E-state index contributed by atoms with van der Waals surface area (Å²) in [6, 6.07) is 6.86. The molecule has 0 saturated carbocycles. The molecule has 4 nitrogen and oxygen atoms in total. The molecule has 0 radical (unpaired) electrons. The van der Waals surface area contributed by atoms with E-state index in [0.717, 1.165) is 31.2 Å². The van der Waals surface area contributed by atoms with E-state index in [9.17, 15) is 8.42 Å². The van der Waals surface area contributed by atoms with Gasteiger partial charge in [-0.1, -0.05) is 44.4 Å². The zero-order valence-electron chi connectivity index (χ0n) is 9.93. The fourth-order valence-corrected chi connectivity index (χ4v) is 2.04. The van der Waals surface area contributed by atoms with Crippen LogP contribution in [0.15, 0.2) is 24.3 Å². The lowest BCUT2D eigenvalue weighted by Crippen LogP contribution is -2.08. The molecule has 0 aliphatic rings. The Balaban J connectivity index is 2.64. The summed E-state index contributed by atoms with van der Waals surface area (Å²) < 4.78 is 34.5. The van der Waals surface area contributed by atoms with E-state index < -0.39 is 10.4 Å². The molecule has 0 spiro atoms. The Bertz CT molecular complexity index is 440. The van der Waals surface area contributed by atoms with E-state index in [4.69, 9.17) is 4.55 Å². The third-order valence-corrected chi connectivity index (χ3v) is 2.86. The smallest absolute Gasteiger partial charge is 0.362 e. The minimum absolute atomic E-state index is 0.214. The lowest BCUT2D eigenvalue weighted by molar-refractivity contribution is 0.385. The molecular formula is C12H18O4S. The van der Waals surface area contributed by atoms with E-state index in [1.807, 2.05) is 12.1 Å².